The summed E-state index contributed by atoms with van der Waals surface area (Å²) in [6.07, 6.45) is 1.66. The Morgan fingerprint density at radius 3 is 2.88 bits per heavy atom. The fourth-order valence-corrected chi connectivity index (χ4v) is 2.12. The van der Waals surface area contributed by atoms with Gasteiger partial charge in [-0.1, -0.05) is 32.1 Å². The van der Waals surface area contributed by atoms with Crippen LogP contribution in [-0.2, 0) is 0 Å². The van der Waals surface area contributed by atoms with Crippen LogP contribution in [0.5, 0.6) is 0 Å². The maximum atomic E-state index is 11.0. The number of nitro groups is 1. The van der Waals surface area contributed by atoms with Gasteiger partial charge in [-0.15, -0.1) is 0 Å². The lowest BCUT2D eigenvalue weighted by atomic mass is 9.97. The first kappa shape index (κ1) is 11.8. The molecule has 2 rings (SSSR count). The molecule has 0 aliphatic rings. The highest BCUT2D eigenvalue weighted by Crippen LogP contribution is 2.28. The van der Waals surface area contributed by atoms with Crippen LogP contribution < -0.4 is 5.32 Å². The summed E-state index contributed by atoms with van der Waals surface area (Å²) < 4.78 is 1.50. The van der Waals surface area contributed by atoms with Crippen molar-refractivity contribution in [2.45, 2.75) is 20.8 Å². The molecule has 17 heavy (non-hydrogen) atoms. The van der Waals surface area contributed by atoms with E-state index in [-0.39, 0.29) is 11.2 Å². The van der Waals surface area contributed by atoms with E-state index in [1.54, 1.807) is 11.6 Å². The number of nitrogens with zero attached hydrogens (tertiary/aromatic N) is 3. The largest absolute Gasteiger partial charge is 0.372 e. The molecule has 7 heteroatoms. The lowest BCUT2D eigenvalue weighted by Crippen LogP contribution is -2.19. The van der Waals surface area contributed by atoms with Crippen molar-refractivity contribution in [3.8, 4) is 0 Å². The lowest BCUT2D eigenvalue weighted by molar-refractivity contribution is -0.389. The minimum Gasteiger partial charge on any atom is -0.362 e. The standard InChI is InChI=1S/C10H14N4O2S/c1-10(2,3)6-11-7-8(14(15)16)13-4-5-17-9(13)12-7/h4-5,11H,6H2,1-3H3. The highest BCUT2D eigenvalue weighted by atomic mass is 32.1. The molecule has 0 aliphatic heterocycles. The van der Waals surface area contributed by atoms with Crippen LogP contribution >= 0.6 is 11.3 Å². The summed E-state index contributed by atoms with van der Waals surface area (Å²) in [5.74, 6) is 0.349. The molecule has 0 fully saturated rings. The summed E-state index contributed by atoms with van der Waals surface area (Å²) in [5.41, 5.74) is 0.0465. The van der Waals surface area contributed by atoms with Gasteiger partial charge in [0.05, 0.1) is 0 Å². The first-order chi connectivity index (χ1) is 7.88. The van der Waals surface area contributed by atoms with Gasteiger partial charge < -0.3 is 15.4 Å². The van der Waals surface area contributed by atoms with Crippen LogP contribution in [0.25, 0.3) is 4.96 Å². The Morgan fingerprint density at radius 1 is 1.59 bits per heavy atom. The molecule has 0 aliphatic carbocycles. The molecule has 0 amide bonds. The van der Waals surface area contributed by atoms with E-state index in [1.165, 1.54) is 15.7 Å². The van der Waals surface area contributed by atoms with Gasteiger partial charge in [-0.05, 0) is 10.3 Å². The van der Waals surface area contributed by atoms with Gasteiger partial charge in [0.15, 0.2) is 0 Å². The monoisotopic (exact) mass is 254 g/mol. The molecular formula is C10H14N4O2S. The van der Waals surface area contributed by atoms with E-state index < -0.39 is 4.92 Å². The predicted octanol–water partition coefficient (Wildman–Crippen LogP) is 2.76. The summed E-state index contributed by atoms with van der Waals surface area (Å²) in [6, 6.07) is 0. The Balaban J connectivity index is 2.36. The van der Waals surface area contributed by atoms with Crippen molar-refractivity contribution in [3.05, 3.63) is 21.7 Å². The van der Waals surface area contributed by atoms with Crippen molar-refractivity contribution < 1.29 is 4.92 Å². The maximum absolute atomic E-state index is 11.0. The first-order valence-electron chi connectivity index (χ1n) is 5.22. The van der Waals surface area contributed by atoms with Crippen LogP contribution in [0, 0.1) is 15.5 Å². The van der Waals surface area contributed by atoms with Gasteiger partial charge in [-0.3, -0.25) is 0 Å². The molecule has 0 spiro atoms. The van der Waals surface area contributed by atoms with E-state index in [2.05, 4.69) is 31.1 Å². The molecule has 92 valence electrons. The average Bonchev–Trinajstić information content (AvgIpc) is 2.70. The third-order valence-corrected chi connectivity index (χ3v) is 2.95. The topological polar surface area (TPSA) is 72.5 Å². The highest BCUT2D eigenvalue weighted by Gasteiger charge is 2.24. The van der Waals surface area contributed by atoms with Crippen molar-refractivity contribution in [2.75, 3.05) is 11.9 Å². The Labute approximate surface area is 102 Å². The SMILES string of the molecule is CC(C)(C)CNc1nc2sccn2c1[N+](=O)[O-]. The van der Waals surface area contributed by atoms with Gasteiger partial charge in [-0.2, -0.15) is 9.38 Å². The molecule has 2 heterocycles. The Kier molecular flexibility index (Phi) is 2.78. The van der Waals surface area contributed by atoms with Gasteiger partial charge in [0, 0.05) is 11.9 Å². The number of hydrogen-bond acceptors (Lipinski definition) is 5. The highest BCUT2D eigenvalue weighted by molar-refractivity contribution is 7.15. The van der Waals surface area contributed by atoms with Crippen LogP contribution in [0.3, 0.4) is 0 Å². The van der Waals surface area contributed by atoms with Crippen LogP contribution in [0.2, 0.25) is 0 Å². The number of aromatic nitrogens is 2. The zero-order valence-corrected chi connectivity index (χ0v) is 10.7. The molecule has 0 aromatic carbocycles. The molecule has 0 bridgehead atoms. The van der Waals surface area contributed by atoms with Crippen molar-refractivity contribution in [1.82, 2.24) is 9.38 Å². The second-order valence-corrected chi connectivity index (χ2v) is 5.88. The van der Waals surface area contributed by atoms with Crippen molar-refractivity contribution in [3.63, 3.8) is 0 Å². The summed E-state index contributed by atoms with van der Waals surface area (Å²) in [5, 5.41) is 15.9. The van der Waals surface area contributed by atoms with E-state index in [1.807, 2.05) is 0 Å². The Hall–Kier alpha value is -1.63. The van der Waals surface area contributed by atoms with E-state index in [0.717, 1.165) is 0 Å². The smallest absolute Gasteiger partial charge is 0.362 e. The normalized spacial score (nSPS) is 11.9. The van der Waals surface area contributed by atoms with Crippen molar-refractivity contribution in [1.29, 1.82) is 0 Å². The second-order valence-electron chi connectivity index (χ2n) is 5.01. The molecule has 6 nitrogen and oxygen atoms in total. The van der Waals surface area contributed by atoms with E-state index in [4.69, 9.17) is 0 Å². The second kappa shape index (κ2) is 3.99. The number of imidazole rings is 1. The van der Waals surface area contributed by atoms with Crippen molar-refractivity contribution >= 4 is 27.9 Å². The third kappa shape index (κ3) is 2.38. The predicted molar refractivity (Wildman–Crippen MR) is 67.7 cm³/mol. The molecule has 0 radical (unpaired) electrons. The minimum atomic E-state index is -0.405. The number of thiazole rings is 1. The van der Waals surface area contributed by atoms with Crippen LogP contribution in [0.1, 0.15) is 20.8 Å². The molecule has 0 saturated carbocycles. The molecule has 1 N–H and O–H groups in total. The summed E-state index contributed by atoms with van der Waals surface area (Å²) in [7, 11) is 0. The molecule has 0 atom stereocenters. The van der Waals surface area contributed by atoms with Crippen molar-refractivity contribution in [2.24, 2.45) is 5.41 Å². The fourth-order valence-electron chi connectivity index (χ4n) is 1.42. The van der Waals surface area contributed by atoms with Crippen LogP contribution in [0.4, 0.5) is 11.6 Å². The molecule has 0 unspecified atom stereocenters. The molecule has 2 aromatic rings. The van der Waals surface area contributed by atoms with Gasteiger partial charge in [0.25, 0.3) is 4.96 Å². The summed E-state index contributed by atoms with van der Waals surface area (Å²) in [4.78, 5) is 15.5. The van der Waals surface area contributed by atoms with Gasteiger partial charge >= 0.3 is 5.82 Å². The Bertz CT molecular complexity index is 552. The summed E-state index contributed by atoms with van der Waals surface area (Å²) in [6.45, 7) is 6.82. The number of rotatable bonds is 3. The van der Waals surface area contributed by atoms with E-state index in [0.29, 0.717) is 17.3 Å². The Morgan fingerprint density at radius 2 is 2.29 bits per heavy atom. The van der Waals surface area contributed by atoms with Crippen LogP contribution in [0.15, 0.2) is 11.6 Å². The van der Waals surface area contributed by atoms with E-state index in [9.17, 15) is 10.1 Å². The number of hydrogen-bond donors (Lipinski definition) is 1. The lowest BCUT2D eigenvalue weighted by Gasteiger charge is -2.18. The molecule has 2 aromatic heterocycles. The number of fused-ring (bicyclic) bond motifs is 1. The molecule has 0 saturated heterocycles. The maximum Gasteiger partial charge on any atom is 0.372 e. The minimum absolute atomic E-state index is 0.00509. The number of anilines is 1. The average molecular weight is 254 g/mol. The zero-order chi connectivity index (χ0) is 12.6. The quantitative estimate of drug-likeness (QED) is 0.675. The fraction of sp³-hybridized carbons (Fsp3) is 0.500. The van der Waals surface area contributed by atoms with E-state index >= 15 is 0 Å². The summed E-state index contributed by atoms with van der Waals surface area (Å²) >= 11 is 1.38. The zero-order valence-electron chi connectivity index (χ0n) is 9.93. The number of nitrogens with one attached hydrogen (secondary N) is 1. The first-order valence-corrected chi connectivity index (χ1v) is 6.10. The van der Waals surface area contributed by atoms with Gasteiger partial charge in [0.2, 0.25) is 5.82 Å². The van der Waals surface area contributed by atoms with Crippen LogP contribution in [-0.4, -0.2) is 20.9 Å². The van der Waals surface area contributed by atoms with Gasteiger partial charge in [-0.25, -0.2) is 0 Å². The third-order valence-electron chi connectivity index (χ3n) is 2.20. The molecular weight excluding hydrogens is 240 g/mol. The van der Waals surface area contributed by atoms with Gasteiger partial charge in [0.1, 0.15) is 6.20 Å².